The molecule has 2 aromatic heterocycles. The van der Waals surface area contributed by atoms with Crippen molar-refractivity contribution in [3.05, 3.63) is 52.7 Å². The van der Waals surface area contributed by atoms with Crippen LogP contribution in [0.2, 0.25) is 0 Å². The lowest BCUT2D eigenvalue weighted by Gasteiger charge is -2.02. The number of anilines is 1. The summed E-state index contributed by atoms with van der Waals surface area (Å²) in [5.41, 5.74) is 3.28. The average Bonchev–Trinajstić information content (AvgIpc) is 3.22. The van der Waals surface area contributed by atoms with E-state index >= 15 is 0 Å². The van der Waals surface area contributed by atoms with Crippen LogP contribution in [0.25, 0.3) is 11.3 Å². The van der Waals surface area contributed by atoms with E-state index in [1.54, 1.807) is 20.1 Å². The SMILES string of the molecule is COCCc1ccc(-c2csc(NC(=O)c3cc(C)on3)n2)cc1. The number of carbonyl (C=O) groups is 1. The summed E-state index contributed by atoms with van der Waals surface area (Å²) in [5, 5.41) is 8.86. The van der Waals surface area contributed by atoms with Gasteiger partial charge in [-0.3, -0.25) is 10.1 Å². The molecule has 0 radical (unpaired) electrons. The van der Waals surface area contributed by atoms with E-state index < -0.39 is 0 Å². The molecule has 1 N–H and O–H groups in total. The van der Waals surface area contributed by atoms with Crippen LogP contribution in [0.5, 0.6) is 0 Å². The molecular weight excluding hydrogens is 326 g/mol. The predicted octanol–water partition coefficient (Wildman–Crippen LogP) is 3.55. The summed E-state index contributed by atoms with van der Waals surface area (Å²) in [6.07, 6.45) is 0.881. The molecule has 3 aromatic rings. The summed E-state index contributed by atoms with van der Waals surface area (Å²) in [6.45, 7) is 2.44. The Morgan fingerprint density at radius 1 is 1.33 bits per heavy atom. The van der Waals surface area contributed by atoms with Crippen LogP contribution in [-0.2, 0) is 11.2 Å². The second kappa shape index (κ2) is 7.37. The molecule has 0 aliphatic carbocycles. The number of aromatic nitrogens is 2. The molecule has 1 amide bonds. The van der Waals surface area contributed by atoms with Crippen molar-refractivity contribution >= 4 is 22.4 Å². The number of hydrogen-bond donors (Lipinski definition) is 1. The summed E-state index contributed by atoms with van der Waals surface area (Å²) >= 11 is 1.37. The monoisotopic (exact) mass is 343 g/mol. The third-order valence-electron chi connectivity index (χ3n) is 3.43. The van der Waals surface area contributed by atoms with Crippen LogP contribution in [0.15, 0.2) is 40.2 Å². The van der Waals surface area contributed by atoms with Gasteiger partial charge in [-0.05, 0) is 18.9 Å². The zero-order valence-electron chi connectivity index (χ0n) is 13.4. The maximum atomic E-state index is 12.0. The molecule has 1 aromatic carbocycles. The van der Waals surface area contributed by atoms with Crippen LogP contribution in [0, 0.1) is 6.92 Å². The summed E-state index contributed by atoms with van der Waals surface area (Å²) in [4.78, 5) is 16.5. The van der Waals surface area contributed by atoms with Gasteiger partial charge in [-0.1, -0.05) is 29.4 Å². The minimum atomic E-state index is -0.331. The molecule has 0 atom stereocenters. The van der Waals surface area contributed by atoms with E-state index in [2.05, 4.69) is 27.6 Å². The number of ether oxygens (including phenoxy) is 1. The Balaban J connectivity index is 1.67. The lowest BCUT2D eigenvalue weighted by molar-refractivity contribution is 0.101. The van der Waals surface area contributed by atoms with Crippen LogP contribution in [0.4, 0.5) is 5.13 Å². The minimum absolute atomic E-state index is 0.242. The highest BCUT2D eigenvalue weighted by atomic mass is 32.1. The molecule has 0 fully saturated rings. The number of amides is 1. The second-order valence-corrected chi connectivity index (χ2v) is 6.11. The van der Waals surface area contributed by atoms with Crippen LogP contribution >= 0.6 is 11.3 Å². The smallest absolute Gasteiger partial charge is 0.279 e. The van der Waals surface area contributed by atoms with Gasteiger partial charge in [-0.2, -0.15) is 0 Å². The highest BCUT2D eigenvalue weighted by Gasteiger charge is 2.13. The maximum absolute atomic E-state index is 12.0. The Hall–Kier alpha value is -2.51. The van der Waals surface area contributed by atoms with E-state index in [9.17, 15) is 4.79 Å². The largest absolute Gasteiger partial charge is 0.384 e. The number of hydrogen-bond acceptors (Lipinski definition) is 6. The summed E-state index contributed by atoms with van der Waals surface area (Å²) in [5.74, 6) is 0.260. The van der Waals surface area contributed by atoms with E-state index in [0.29, 0.717) is 17.5 Å². The predicted molar refractivity (Wildman–Crippen MR) is 92.3 cm³/mol. The summed E-state index contributed by atoms with van der Waals surface area (Å²) in [7, 11) is 1.69. The average molecular weight is 343 g/mol. The van der Waals surface area contributed by atoms with Gasteiger partial charge in [0, 0.05) is 24.1 Å². The summed E-state index contributed by atoms with van der Waals surface area (Å²) in [6, 6.07) is 9.75. The number of benzene rings is 1. The van der Waals surface area contributed by atoms with E-state index in [-0.39, 0.29) is 11.6 Å². The standard InChI is InChI=1S/C17H17N3O3S/c1-11-9-14(20-23-11)16(21)19-17-18-15(10-24-17)13-5-3-12(4-6-13)7-8-22-2/h3-6,9-10H,7-8H2,1-2H3,(H,18,19,21). The summed E-state index contributed by atoms with van der Waals surface area (Å²) < 4.78 is 9.98. The number of rotatable bonds is 6. The van der Waals surface area contributed by atoms with Gasteiger partial charge >= 0.3 is 0 Å². The van der Waals surface area contributed by atoms with Crippen molar-refractivity contribution in [3.8, 4) is 11.3 Å². The first-order chi connectivity index (χ1) is 11.7. The molecular formula is C17H17N3O3S. The maximum Gasteiger partial charge on any atom is 0.279 e. The van der Waals surface area contributed by atoms with Crippen molar-refractivity contribution in [1.29, 1.82) is 0 Å². The van der Waals surface area contributed by atoms with Crippen molar-refractivity contribution in [2.24, 2.45) is 0 Å². The number of aryl methyl sites for hydroxylation is 1. The fourth-order valence-electron chi connectivity index (χ4n) is 2.16. The van der Waals surface area contributed by atoms with Crippen LogP contribution in [-0.4, -0.2) is 29.8 Å². The Bertz CT molecular complexity index is 824. The highest BCUT2D eigenvalue weighted by Crippen LogP contribution is 2.25. The number of nitrogens with zero attached hydrogens (tertiary/aromatic N) is 2. The van der Waals surface area contributed by atoms with Gasteiger partial charge in [0.2, 0.25) is 0 Å². The third kappa shape index (κ3) is 3.87. The molecule has 0 unspecified atom stereocenters. The van der Waals surface area contributed by atoms with Gasteiger partial charge in [0.05, 0.1) is 12.3 Å². The Morgan fingerprint density at radius 2 is 2.12 bits per heavy atom. The van der Waals surface area contributed by atoms with Gasteiger partial charge < -0.3 is 9.26 Å². The first kappa shape index (κ1) is 16.4. The number of thiazole rings is 1. The fraction of sp³-hybridized carbons (Fsp3) is 0.235. The van der Waals surface area contributed by atoms with Crippen molar-refractivity contribution in [3.63, 3.8) is 0 Å². The Morgan fingerprint density at radius 3 is 2.79 bits per heavy atom. The molecule has 124 valence electrons. The molecule has 3 rings (SSSR count). The number of nitrogens with one attached hydrogen (secondary N) is 1. The van der Waals surface area contributed by atoms with Crippen molar-refractivity contribution in [2.45, 2.75) is 13.3 Å². The van der Waals surface area contributed by atoms with E-state index in [1.165, 1.54) is 16.9 Å². The minimum Gasteiger partial charge on any atom is -0.384 e. The van der Waals surface area contributed by atoms with Gasteiger partial charge in [-0.15, -0.1) is 11.3 Å². The van der Waals surface area contributed by atoms with Gasteiger partial charge in [0.25, 0.3) is 5.91 Å². The topological polar surface area (TPSA) is 77.2 Å². The van der Waals surface area contributed by atoms with E-state index in [4.69, 9.17) is 9.26 Å². The van der Waals surface area contributed by atoms with Crippen molar-refractivity contribution in [2.75, 3.05) is 19.0 Å². The van der Waals surface area contributed by atoms with Gasteiger partial charge in [-0.25, -0.2) is 4.98 Å². The van der Waals surface area contributed by atoms with Gasteiger partial charge in [0.1, 0.15) is 5.76 Å². The third-order valence-corrected chi connectivity index (χ3v) is 4.19. The number of carbonyl (C=O) groups excluding carboxylic acids is 1. The molecule has 0 aliphatic heterocycles. The molecule has 24 heavy (non-hydrogen) atoms. The highest BCUT2D eigenvalue weighted by molar-refractivity contribution is 7.14. The normalized spacial score (nSPS) is 10.8. The van der Waals surface area contributed by atoms with E-state index in [0.717, 1.165) is 17.7 Å². The van der Waals surface area contributed by atoms with Crippen molar-refractivity contribution < 1.29 is 14.1 Å². The quantitative estimate of drug-likeness (QED) is 0.740. The number of methoxy groups -OCH3 is 1. The van der Waals surface area contributed by atoms with Crippen LogP contribution in [0.1, 0.15) is 21.8 Å². The fourth-order valence-corrected chi connectivity index (χ4v) is 2.88. The molecule has 0 spiro atoms. The molecule has 0 aliphatic rings. The first-order valence-corrected chi connectivity index (χ1v) is 8.32. The van der Waals surface area contributed by atoms with Crippen molar-refractivity contribution in [1.82, 2.24) is 10.1 Å². The van der Waals surface area contributed by atoms with Crippen LogP contribution in [0.3, 0.4) is 0 Å². The zero-order valence-corrected chi connectivity index (χ0v) is 14.2. The lowest BCUT2D eigenvalue weighted by atomic mass is 10.1. The first-order valence-electron chi connectivity index (χ1n) is 7.44. The zero-order chi connectivity index (χ0) is 16.9. The van der Waals surface area contributed by atoms with Gasteiger partial charge in [0.15, 0.2) is 10.8 Å². The second-order valence-electron chi connectivity index (χ2n) is 5.25. The molecule has 0 saturated heterocycles. The Kier molecular flexibility index (Phi) is 5.02. The Labute approximate surface area is 143 Å². The lowest BCUT2D eigenvalue weighted by Crippen LogP contribution is -2.11. The molecule has 0 bridgehead atoms. The van der Waals surface area contributed by atoms with Crippen LogP contribution < -0.4 is 5.32 Å². The molecule has 0 saturated carbocycles. The molecule has 6 nitrogen and oxygen atoms in total. The van der Waals surface area contributed by atoms with E-state index in [1.807, 2.05) is 17.5 Å². The molecule has 2 heterocycles. The molecule has 7 heteroatoms.